The van der Waals surface area contributed by atoms with E-state index in [2.05, 4.69) is 23.3 Å². The lowest BCUT2D eigenvalue weighted by Gasteiger charge is -2.09. The zero-order valence-corrected chi connectivity index (χ0v) is 16.8. The number of carbonyl (C=O) groups excluding carboxylic acids is 1. The lowest BCUT2D eigenvalue weighted by molar-refractivity contribution is 0.0597. The second-order valence-corrected chi connectivity index (χ2v) is 8.34. The number of benzene rings is 2. The van der Waals surface area contributed by atoms with Crippen molar-refractivity contribution in [1.29, 1.82) is 0 Å². The normalized spacial score (nSPS) is 11.8. The highest BCUT2D eigenvalue weighted by Gasteiger charge is 2.25. The van der Waals surface area contributed by atoms with Crippen molar-refractivity contribution in [3.8, 4) is 5.75 Å². The Morgan fingerprint density at radius 2 is 1.89 bits per heavy atom. The number of esters is 1. The van der Waals surface area contributed by atoms with Gasteiger partial charge in [0.25, 0.3) is 10.0 Å². The number of phenolic OH excluding ortho intramolecular Hbond substituents is 1. The Kier molecular flexibility index (Phi) is 5.08. The van der Waals surface area contributed by atoms with Gasteiger partial charge >= 0.3 is 5.97 Å². The summed E-state index contributed by atoms with van der Waals surface area (Å²) < 4.78 is 38.1. The van der Waals surface area contributed by atoms with Crippen molar-refractivity contribution in [2.45, 2.75) is 31.8 Å². The highest BCUT2D eigenvalue weighted by molar-refractivity contribution is 7.92. The second-order valence-electron chi connectivity index (χ2n) is 6.75. The molecule has 0 aliphatic heterocycles. The number of furan rings is 1. The van der Waals surface area contributed by atoms with Gasteiger partial charge in [0.1, 0.15) is 16.9 Å². The van der Waals surface area contributed by atoms with E-state index >= 15 is 0 Å². The molecule has 7 nitrogen and oxygen atoms in total. The molecule has 0 spiro atoms. The Labute approximate surface area is 163 Å². The molecular formula is C20H21NO6S. The fourth-order valence-electron chi connectivity index (χ4n) is 2.91. The van der Waals surface area contributed by atoms with Gasteiger partial charge in [-0.25, -0.2) is 4.79 Å². The van der Waals surface area contributed by atoms with E-state index in [-0.39, 0.29) is 16.3 Å². The van der Waals surface area contributed by atoms with E-state index in [1.165, 1.54) is 19.2 Å². The number of ether oxygens (including phenoxy) is 1. The third-order valence-corrected chi connectivity index (χ3v) is 5.86. The number of fused-ring (bicyclic) bond motifs is 1. The molecule has 0 bridgehead atoms. The first-order valence-electron chi connectivity index (χ1n) is 8.61. The lowest BCUT2D eigenvalue weighted by atomic mass is 10.0. The summed E-state index contributed by atoms with van der Waals surface area (Å²) in [6.07, 6.45) is 0. The van der Waals surface area contributed by atoms with Crippen molar-refractivity contribution >= 4 is 32.6 Å². The number of hydrogen-bond donors (Lipinski definition) is 2. The number of nitrogens with one attached hydrogen (secondary N) is 1. The van der Waals surface area contributed by atoms with Gasteiger partial charge in [0.05, 0.1) is 12.8 Å². The third-order valence-electron chi connectivity index (χ3n) is 4.48. The predicted molar refractivity (Wildman–Crippen MR) is 105 cm³/mol. The van der Waals surface area contributed by atoms with E-state index in [4.69, 9.17) is 4.42 Å². The van der Waals surface area contributed by atoms with Crippen molar-refractivity contribution in [3.05, 3.63) is 53.1 Å². The van der Waals surface area contributed by atoms with E-state index in [9.17, 15) is 18.3 Å². The Morgan fingerprint density at radius 3 is 2.50 bits per heavy atom. The average Bonchev–Trinajstić information content (AvgIpc) is 2.98. The number of anilines is 1. The van der Waals surface area contributed by atoms with Gasteiger partial charge in [0, 0.05) is 17.0 Å². The van der Waals surface area contributed by atoms with Gasteiger partial charge in [0.15, 0.2) is 0 Å². The molecule has 0 unspecified atom stereocenters. The van der Waals surface area contributed by atoms with Crippen molar-refractivity contribution in [2.24, 2.45) is 0 Å². The van der Waals surface area contributed by atoms with E-state index in [0.717, 1.165) is 17.0 Å². The standard InChI is InChI=1S/C20H21NO6S/c1-11(2)13-5-8-18-16(9-13)12(3)20(27-18)28(24,25)21-14-6-7-15(17(22)10-14)19(23)26-4/h5-11,21-22H,1-4H3. The zero-order chi connectivity index (χ0) is 20.6. The predicted octanol–water partition coefficient (Wildman–Crippen LogP) is 4.16. The van der Waals surface area contributed by atoms with Crippen LogP contribution in [0.25, 0.3) is 11.0 Å². The van der Waals surface area contributed by atoms with E-state index < -0.39 is 21.7 Å². The summed E-state index contributed by atoms with van der Waals surface area (Å²) in [5.41, 5.74) is 2.09. The smallest absolute Gasteiger partial charge is 0.341 e. The number of sulfonamides is 1. The van der Waals surface area contributed by atoms with Crippen molar-refractivity contribution < 1.29 is 27.5 Å². The number of carbonyl (C=O) groups is 1. The molecule has 1 heterocycles. The van der Waals surface area contributed by atoms with E-state index in [1.54, 1.807) is 13.0 Å². The van der Waals surface area contributed by atoms with Crippen molar-refractivity contribution in [1.82, 2.24) is 0 Å². The summed E-state index contributed by atoms with van der Waals surface area (Å²) in [7, 11) is -2.85. The van der Waals surface area contributed by atoms with Crippen LogP contribution in [0, 0.1) is 6.92 Å². The molecule has 0 saturated carbocycles. The molecule has 0 fully saturated rings. The highest BCUT2D eigenvalue weighted by Crippen LogP contribution is 2.32. The Bertz CT molecular complexity index is 1160. The Balaban J connectivity index is 1.98. The molecule has 148 valence electrons. The molecule has 1 aromatic heterocycles. The van der Waals surface area contributed by atoms with Gasteiger partial charge < -0.3 is 14.3 Å². The maximum absolute atomic E-state index is 12.8. The van der Waals surface area contributed by atoms with Gasteiger partial charge in [-0.2, -0.15) is 8.42 Å². The number of rotatable bonds is 5. The Hall–Kier alpha value is -3.00. The van der Waals surface area contributed by atoms with Gasteiger partial charge in [-0.05, 0) is 42.7 Å². The van der Waals surface area contributed by atoms with Crippen LogP contribution in [-0.2, 0) is 14.8 Å². The minimum atomic E-state index is -4.04. The summed E-state index contributed by atoms with van der Waals surface area (Å²) in [6.45, 7) is 5.79. The molecule has 28 heavy (non-hydrogen) atoms. The fraction of sp³-hybridized carbons (Fsp3) is 0.250. The van der Waals surface area contributed by atoms with Gasteiger partial charge in [-0.1, -0.05) is 19.9 Å². The monoisotopic (exact) mass is 403 g/mol. The van der Waals surface area contributed by atoms with E-state index in [1.807, 2.05) is 12.1 Å². The van der Waals surface area contributed by atoms with Crippen LogP contribution in [-0.4, -0.2) is 26.6 Å². The maximum Gasteiger partial charge on any atom is 0.341 e. The van der Waals surface area contributed by atoms with Gasteiger partial charge in [0.2, 0.25) is 5.09 Å². The first-order valence-corrected chi connectivity index (χ1v) is 10.1. The molecule has 0 aliphatic carbocycles. The molecule has 0 saturated heterocycles. The fourth-order valence-corrected chi connectivity index (χ4v) is 4.15. The van der Waals surface area contributed by atoms with Crippen LogP contribution in [0.4, 0.5) is 5.69 Å². The van der Waals surface area contributed by atoms with Crippen LogP contribution >= 0.6 is 0 Å². The summed E-state index contributed by atoms with van der Waals surface area (Å²) in [6, 6.07) is 9.36. The maximum atomic E-state index is 12.8. The Morgan fingerprint density at radius 1 is 1.18 bits per heavy atom. The first-order chi connectivity index (χ1) is 13.1. The number of methoxy groups -OCH3 is 1. The summed E-state index contributed by atoms with van der Waals surface area (Å²) in [4.78, 5) is 11.5. The SMILES string of the molecule is COC(=O)c1ccc(NS(=O)(=O)c2oc3ccc(C(C)C)cc3c2C)cc1O. The van der Waals surface area contributed by atoms with Crippen LogP contribution in [0.1, 0.15) is 41.3 Å². The zero-order valence-electron chi connectivity index (χ0n) is 15.9. The largest absolute Gasteiger partial charge is 0.507 e. The molecule has 3 aromatic rings. The van der Waals surface area contributed by atoms with Crippen LogP contribution in [0.15, 0.2) is 45.9 Å². The number of hydrogen-bond acceptors (Lipinski definition) is 6. The topological polar surface area (TPSA) is 106 Å². The number of aryl methyl sites for hydroxylation is 1. The molecule has 0 amide bonds. The quantitative estimate of drug-likeness (QED) is 0.620. The lowest BCUT2D eigenvalue weighted by Crippen LogP contribution is -2.13. The summed E-state index contributed by atoms with van der Waals surface area (Å²) >= 11 is 0. The number of aromatic hydroxyl groups is 1. The highest BCUT2D eigenvalue weighted by atomic mass is 32.2. The molecule has 8 heteroatoms. The summed E-state index contributed by atoms with van der Waals surface area (Å²) in [5.74, 6) is -0.816. The molecule has 0 radical (unpaired) electrons. The average molecular weight is 403 g/mol. The number of phenols is 1. The minimum Gasteiger partial charge on any atom is -0.507 e. The minimum absolute atomic E-state index is 0.0634. The van der Waals surface area contributed by atoms with Crippen LogP contribution in [0.2, 0.25) is 0 Å². The van der Waals surface area contributed by atoms with E-state index in [0.29, 0.717) is 17.1 Å². The molecule has 0 atom stereocenters. The van der Waals surface area contributed by atoms with Gasteiger partial charge in [-0.15, -0.1) is 0 Å². The third kappa shape index (κ3) is 3.55. The molecule has 2 aromatic carbocycles. The van der Waals surface area contributed by atoms with Gasteiger partial charge in [-0.3, -0.25) is 4.72 Å². The second kappa shape index (κ2) is 7.20. The molecular weight excluding hydrogens is 382 g/mol. The van der Waals surface area contributed by atoms with Crippen LogP contribution < -0.4 is 4.72 Å². The van der Waals surface area contributed by atoms with Crippen molar-refractivity contribution in [3.63, 3.8) is 0 Å². The van der Waals surface area contributed by atoms with Crippen molar-refractivity contribution in [2.75, 3.05) is 11.8 Å². The van der Waals surface area contributed by atoms with Crippen LogP contribution in [0.3, 0.4) is 0 Å². The van der Waals surface area contributed by atoms with Crippen LogP contribution in [0.5, 0.6) is 5.75 Å². The first kappa shape index (κ1) is 19.8. The molecule has 0 aliphatic rings. The molecule has 2 N–H and O–H groups in total. The summed E-state index contributed by atoms with van der Waals surface area (Å²) in [5, 5.41) is 10.5. The molecule has 3 rings (SSSR count).